The van der Waals surface area contributed by atoms with E-state index in [4.69, 9.17) is 18.5 Å². The van der Waals surface area contributed by atoms with E-state index in [1.165, 1.54) is 122 Å². The third-order valence-electron chi connectivity index (χ3n) is 13.1. The summed E-state index contributed by atoms with van der Waals surface area (Å²) in [6.45, 7) is 4.12. The minimum Gasteiger partial charge on any atom is -0.756 e. The molecule has 0 aromatic heterocycles. The van der Waals surface area contributed by atoms with Crippen molar-refractivity contribution < 1.29 is 42.1 Å². The molecule has 2 unspecified atom stereocenters. The molecule has 0 rings (SSSR count). The zero-order valence-corrected chi connectivity index (χ0v) is 50.6. The number of likely N-dealkylation sites (N-methyl/N-ethyl adjacent to an activating group) is 1. The molecule has 0 aromatic rings. The van der Waals surface area contributed by atoms with E-state index in [9.17, 15) is 19.0 Å². The summed E-state index contributed by atoms with van der Waals surface area (Å²) < 4.78 is 34.1. The molecular weight excluding hydrogens is 966 g/mol. The largest absolute Gasteiger partial charge is 0.756 e. The number of ether oxygens (including phenoxy) is 2. The van der Waals surface area contributed by atoms with Gasteiger partial charge in [0, 0.05) is 12.8 Å². The Bertz CT molecular complexity index is 1600. The van der Waals surface area contributed by atoms with Crippen LogP contribution in [0, 0.1) is 0 Å². The molecule has 76 heavy (non-hydrogen) atoms. The van der Waals surface area contributed by atoms with Crippen molar-refractivity contribution in [2.24, 2.45) is 0 Å². The van der Waals surface area contributed by atoms with E-state index >= 15 is 0 Å². The number of carbonyl (C=O) groups excluding carboxylic acids is 2. The number of phosphoric acid groups is 1. The summed E-state index contributed by atoms with van der Waals surface area (Å²) in [7, 11) is 1.16. The SMILES string of the molecule is CC/C=C\C/C=C\C/C=C\C/C=C\C/C=C\C/C=C\C/C=C\CCCCCCCCCCCCCCCCCC(=O)OC(COC(=O)CCCCCCC/C=C\CCCCCCCC)COP(=O)([O-])OCC[N+](C)(C)C. The number of quaternary nitrogens is 1. The van der Waals surface area contributed by atoms with Gasteiger partial charge in [-0.1, -0.05) is 246 Å². The van der Waals surface area contributed by atoms with Crippen molar-refractivity contribution in [1.29, 1.82) is 0 Å². The second-order valence-corrected chi connectivity index (χ2v) is 23.1. The average Bonchev–Trinajstić information content (AvgIpc) is 3.38. The fourth-order valence-electron chi connectivity index (χ4n) is 8.34. The number of carbonyl (C=O) groups is 2. The first-order valence-corrected chi connectivity index (χ1v) is 32.4. The Kier molecular flexibility index (Phi) is 54.4. The van der Waals surface area contributed by atoms with Gasteiger partial charge in [0.05, 0.1) is 27.7 Å². The summed E-state index contributed by atoms with van der Waals surface area (Å²) in [5, 5.41) is 0. The quantitative estimate of drug-likeness (QED) is 0.0195. The standard InChI is InChI=1S/C66H116NO8P/c1-6-8-10-12-14-16-18-20-22-23-24-25-26-27-28-29-30-31-32-33-34-35-36-37-38-39-40-41-42-43-45-47-49-51-53-55-57-59-66(69)75-64(63-74-76(70,71)73-61-60-67(3,4)5)62-72-65(68)58-56-54-52-50-48-46-44-21-19-17-15-13-11-9-7-2/h8,10,14,16,20-22,24-25,27-28,30-31,33-34,44,64H,6-7,9,11-13,15,17-19,23,26,29,32,35-43,45-63H2,1-5H3/b10-8-,16-14-,22-20-,25-24-,28-27-,31-30-,34-33-,44-21-. The van der Waals surface area contributed by atoms with Crippen LogP contribution in [-0.4, -0.2) is 70.0 Å². The molecule has 0 saturated heterocycles. The molecule has 0 aliphatic carbocycles. The summed E-state index contributed by atoms with van der Waals surface area (Å²) >= 11 is 0. The van der Waals surface area contributed by atoms with E-state index in [-0.39, 0.29) is 26.1 Å². The Labute approximate surface area is 468 Å². The van der Waals surface area contributed by atoms with Crippen LogP contribution >= 0.6 is 7.82 Å². The van der Waals surface area contributed by atoms with Gasteiger partial charge >= 0.3 is 11.9 Å². The molecule has 438 valence electrons. The first-order chi connectivity index (χ1) is 37.0. The minimum atomic E-state index is -4.64. The number of hydrogen-bond acceptors (Lipinski definition) is 8. The maximum absolute atomic E-state index is 12.8. The Morgan fingerprint density at radius 2 is 0.750 bits per heavy atom. The van der Waals surface area contributed by atoms with Crippen LogP contribution in [0.2, 0.25) is 0 Å². The van der Waals surface area contributed by atoms with Gasteiger partial charge in [-0.3, -0.25) is 14.2 Å². The summed E-state index contributed by atoms with van der Waals surface area (Å²) in [5.41, 5.74) is 0. The summed E-state index contributed by atoms with van der Waals surface area (Å²) in [6.07, 6.45) is 77.5. The van der Waals surface area contributed by atoms with Crippen molar-refractivity contribution >= 4 is 19.8 Å². The van der Waals surface area contributed by atoms with Crippen LogP contribution in [0.5, 0.6) is 0 Å². The normalized spacial score (nSPS) is 13.9. The van der Waals surface area contributed by atoms with E-state index in [0.29, 0.717) is 17.4 Å². The third-order valence-corrected chi connectivity index (χ3v) is 14.1. The Hall–Kier alpha value is -3.07. The molecule has 0 saturated carbocycles. The minimum absolute atomic E-state index is 0.0344. The zero-order valence-electron chi connectivity index (χ0n) is 49.7. The van der Waals surface area contributed by atoms with Crippen molar-refractivity contribution in [1.82, 2.24) is 0 Å². The van der Waals surface area contributed by atoms with Gasteiger partial charge in [0.1, 0.15) is 19.8 Å². The van der Waals surface area contributed by atoms with Gasteiger partial charge in [-0.2, -0.15) is 0 Å². The summed E-state index contributed by atoms with van der Waals surface area (Å²) in [4.78, 5) is 37.8. The predicted octanol–water partition coefficient (Wildman–Crippen LogP) is 19.0. The fourth-order valence-corrected chi connectivity index (χ4v) is 9.07. The number of phosphoric ester groups is 1. The van der Waals surface area contributed by atoms with E-state index < -0.39 is 32.5 Å². The monoisotopic (exact) mass is 1080 g/mol. The number of unbranched alkanes of at least 4 members (excludes halogenated alkanes) is 26. The summed E-state index contributed by atoms with van der Waals surface area (Å²) in [5.74, 6) is -0.841. The molecule has 0 bridgehead atoms. The third kappa shape index (κ3) is 60.2. The molecule has 0 N–H and O–H groups in total. The van der Waals surface area contributed by atoms with Crippen molar-refractivity contribution in [3.8, 4) is 0 Å². The molecule has 0 amide bonds. The number of esters is 2. The highest BCUT2D eigenvalue weighted by Crippen LogP contribution is 2.38. The molecule has 10 heteroatoms. The van der Waals surface area contributed by atoms with E-state index in [0.717, 1.165) is 103 Å². The second kappa shape index (κ2) is 56.6. The van der Waals surface area contributed by atoms with Gasteiger partial charge in [0.2, 0.25) is 0 Å². The lowest BCUT2D eigenvalue weighted by atomic mass is 10.0. The van der Waals surface area contributed by atoms with Crippen LogP contribution < -0.4 is 4.89 Å². The van der Waals surface area contributed by atoms with Gasteiger partial charge in [-0.25, -0.2) is 0 Å². The van der Waals surface area contributed by atoms with Crippen LogP contribution in [0.4, 0.5) is 0 Å². The lowest BCUT2D eigenvalue weighted by Crippen LogP contribution is -2.37. The lowest BCUT2D eigenvalue weighted by molar-refractivity contribution is -0.870. The Morgan fingerprint density at radius 1 is 0.421 bits per heavy atom. The summed E-state index contributed by atoms with van der Waals surface area (Å²) in [6, 6.07) is 0. The molecule has 0 heterocycles. The van der Waals surface area contributed by atoms with Gasteiger partial charge in [-0.05, 0) is 96.3 Å². The smallest absolute Gasteiger partial charge is 0.306 e. The van der Waals surface area contributed by atoms with Crippen molar-refractivity contribution in [3.63, 3.8) is 0 Å². The van der Waals surface area contributed by atoms with Crippen LogP contribution in [-0.2, 0) is 32.7 Å². The molecular formula is C66H116NO8P. The first-order valence-electron chi connectivity index (χ1n) is 30.9. The van der Waals surface area contributed by atoms with Crippen LogP contribution in [0.25, 0.3) is 0 Å². The van der Waals surface area contributed by atoms with E-state index in [2.05, 4.69) is 111 Å². The van der Waals surface area contributed by atoms with Crippen LogP contribution in [0.3, 0.4) is 0 Å². The van der Waals surface area contributed by atoms with Gasteiger partial charge in [0.25, 0.3) is 7.82 Å². The number of rotatable bonds is 56. The molecule has 2 atom stereocenters. The Balaban J connectivity index is 4.04. The number of nitrogens with zero attached hydrogens (tertiary/aromatic N) is 1. The average molecular weight is 1080 g/mol. The van der Waals surface area contributed by atoms with Gasteiger partial charge in [-0.15, -0.1) is 0 Å². The van der Waals surface area contributed by atoms with Crippen molar-refractivity contribution in [2.45, 2.75) is 264 Å². The fraction of sp³-hybridized carbons (Fsp3) is 0.727. The molecule has 0 aliphatic rings. The molecule has 0 aromatic carbocycles. The van der Waals surface area contributed by atoms with Gasteiger partial charge in [0.15, 0.2) is 6.10 Å². The maximum Gasteiger partial charge on any atom is 0.306 e. The topological polar surface area (TPSA) is 111 Å². The number of hydrogen-bond donors (Lipinski definition) is 0. The highest BCUT2D eigenvalue weighted by Gasteiger charge is 2.22. The predicted molar refractivity (Wildman–Crippen MR) is 323 cm³/mol. The zero-order chi connectivity index (χ0) is 55.6. The molecule has 0 spiro atoms. The molecule has 0 radical (unpaired) electrons. The number of allylic oxidation sites excluding steroid dienone is 16. The Morgan fingerprint density at radius 3 is 1.13 bits per heavy atom. The van der Waals surface area contributed by atoms with Crippen LogP contribution in [0.1, 0.15) is 258 Å². The van der Waals surface area contributed by atoms with E-state index in [1.807, 2.05) is 21.1 Å². The van der Waals surface area contributed by atoms with Crippen molar-refractivity contribution in [2.75, 3.05) is 47.5 Å². The van der Waals surface area contributed by atoms with Gasteiger partial charge < -0.3 is 27.9 Å². The molecule has 9 nitrogen and oxygen atoms in total. The highest BCUT2D eigenvalue weighted by atomic mass is 31.2. The second-order valence-electron chi connectivity index (χ2n) is 21.7. The lowest BCUT2D eigenvalue weighted by Gasteiger charge is -2.28. The van der Waals surface area contributed by atoms with Crippen LogP contribution in [0.15, 0.2) is 97.2 Å². The maximum atomic E-state index is 12.8. The highest BCUT2D eigenvalue weighted by molar-refractivity contribution is 7.45. The first kappa shape index (κ1) is 72.9. The van der Waals surface area contributed by atoms with E-state index in [1.54, 1.807) is 0 Å². The molecule has 0 aliphatic heterocycles. The molecule has 0 fully saturated rings. The van der Waals surface area contributed by atoms with Crippen molar-refractivity contribution in [3.05, 3.63) is 97.2 Å².